The maximum atomic E-state index is 11.1. The summed E-state index contributed by atoms with van der Waals surface area (Å²) in [4.78, 5) is 11.1. The summed E-state index contributed by atoms with van der Waals surface area (Å²) in [6.45, 7) is 3.25. The molecule has 1 aliphatic heterocycles. The second-order valence-corrected chi connectivity index (χ2v) is 5.40. The molecule has 1 saturated heterocycles. The topological polar surface area (TPSA) is 41.1 Å². The van der Waals surface area contributed by atoms with Crippen LogP contribution < -0.4 is 10.6 Å². The molecule has 2 atom stereocenters. The second kappa shape index (κ2) is 5.67. The normalized spacial score (nSPS) is 29.1. The summed E-state index contributed by atoms with van der Waals surface area (Å²) in [6.07, 6.45) is 8.69. The fourth-order valence-corrected chi connectivity index (χ4v) is 2.96. The van der Waals surface area contributed by atoms with Crippen LogP contribution >= 0.6 is 0 Å². The molecular weight excluding hydrogens is 200 g/mol. The average molecular weight is 224 g/mol. The minimum absolute atomic E-state index is 0.220. The van der Waals surface area contributed by atoms with Crippen LogP contribution in [0.3, 0.4) is 0 Å². The van der Waals surface area contributed by atoms with Crippen molar-refractivity contribution in [2.75, 3.05) is 6.54 Å². The predicted octanol–water partition coefficient (Wildman–Crippen LogP) is 1.82. The summed E-state index contributed by atoms with van der Waals surface area (Å²) in [5.74, 6) is 1.07. The molecule has 0 aromatic carbocycles. The van der Waals surface area contributed by atoms with Crippen LogP contribution in [-0.2, 0) is 4.79 Å². The molecule has 1 aliphatic carbocycles. The van der Waals surface area contributed by atoms with E-state index in [-0.39, 0.29) is 5.91 Å². The minimum atomic E-state index is 0.220. The average Bonchev–Trinajstić information content (AvgIpc) is 2.73. The number of amides is 1. The van der Waals surface area contributed by atoms with Crippen LogP contribution in [0.4, 0.5) is 0 Å². The Morgan fingerprint density at radius 3 is 2.69 bits per heavy atom. The van der Waals surface area contributed by atoms with Crippen molar-refractivity contribution in [2.45, 2.75) is 64.0 Å². The number of rotatable bonds is 4. The number of hydrogen-bond donors (Lipinski definition) is 2. The fraction of sp³-hybridized carbons (Fsp3) is 0.923. The van der Waals surface area contributed by atoms with Gasteiger partial charge in [0.2, 0.25) is 5.91 Å². The second-order valence-electron chi connectivity index (χ2n) is 5.40. The first-order valence-electron chi connectivity index (χ1n) is 6.78. The zero-order valence-corrected chi connectivity index (χ0v) is 10.3. The van der Waals surface area contributed by atoms with E-state index in [9.17, 15) is 4.79 Å². The third kappa shape index (κ3) is 3.21. The van der Waals surface area contributed by atoms with E-state index in [1.54, 1.807) is 0 Å². The van der Waals surface area contributed by atoms with Gasteiger partial charge in [-0.15, -0.1) is 0 Å². The smallest absolute Gasteiger partial charge is 0.220 e. The van der Waals surface area contributed by atoms with E-state index >= 15 is 0 Å². The monoisotopic (exact) mass is 224 g/mol. The van der Waals surface area contributed by atoms with Crippen LogP contribution in [0.5, 0.6) is 0 Å². The fourth-order valence-electron chi connectivity index (χ4n) is 2.96. The first-order chi connectivity index (χ1) is 7.75. The van der Waals surface area contributed by atoms with Gasteiger partial charge in [0.25, 0.3) is 0 Å². The lowest BCUT2D eigenvalue weighted by atomic mass is 9.84. The highest BCUT2D eigenvalue weighted by molar-refractivity contribution is 5.78. The van der Waals surface area contributed by atoms with E-state index in [1.165, 1.54) is 32.1 Å². The molecule has 2 aliphatic rings. The highest BCUT2D eigenvalue weighted by Crippen LogP contribution is 2.26. The standard InChI is InChI=1S/C13H24N2O/c1-10(11-5-3-2-4-6-11)14-9-12-7-8-13(16)15-12/h10-12,14H,2-9H2,1H3,(H,15,16)/t10-,12?/m1/s1. The molecular formula is C13H24N2O. The van der Waals surface area contributed by atoms with Crippen molar-refractivity contribution in [3.8, 4) is 0 Å². The third-order valence-electron chi connectivity index (χ3n) is 4.13. The molecule has 1 amide bonds. The molecule has 0 aromatic heterocycles. The maximum Gasteiger partial charge on any atom is 0.220 e. The van der Waals surface area contributed by atoms with E-state index < -0.39 is 0 Å². The Balaban J connectivity index is 1.66. The van der Waals surface area contributed by atoms with Crippen molar-refractivity contribution in [1.29, 1.82) is 0 Å². The lowest BCUT2D eigenvalue weighted by Gasteiger charge is -2.29. The Kier molecular flexibility index (Phi) is 4.22. The van der Waals surface area contributed by atoms with E-state index in [1.807, 2.05) is 0 Å². The van der Waals surface area contributed by atoms with Gasteiger partial charge in [-0.2, -0.15) is 0 Å². The van der Waals surface area contributed by atoms with Gasteiger partial charge in [-0.25, -0.2) is 0 Å². The minimum Gasteiger partial charge on any atom is -0.352 e. The molecule has 1 heterocycles. The summed E-state index contributed by atoms with van der Waals surface area (Å²) >= 11 is 0. The van der Waals surface area contributed by atoms with Crippen LogP contribution in [0.15, 0.2) is 0 Å². The summed E-state index contributed by atoms with van der Waals surface area (Å²) in [5, 5.41) is 6.61. The third-order valence-corrected chi connectivity index (χ3v) is 4.13. The Bertz CT molecular complexity index is 236. The van der Waals surface area contributed by atoms with Crippen LogP contribution in [0.25, 0.3) is 0 Å². The van der Waals surface area contributed by atoms with Gasteiger partial charge in [-0.05, 0) is 32.1 Å². The number of carbonyl (C=O) groups is 1. The summed E-state index contributed by atoms with van der Waals surface area (Å²) in [5.41, 5.74) is 0. The number of nitrogens with one attached hydrogen (secondary N) is 2. The van der Waals surface area contributed by atoms with Crippen LogP contribution in [-0.4, -0.2) is 24.5 Å². The highest BCUT2D eigenvalue weighted by atomic mass is 16.1. The Morgan fingerprint density at radius 2 is 2.06 bits per heavy atom. The quantitative estimate of drug-likeness (QED) is 0.765. The van der Waals surface area contributed by atoms with E-state index in [0.717, 1.165) is 18.9 Å². The van der Waals surface area contributed by atoms with Crippen LogP contribution in [0, 0.1) is 5.92 Å². The Hall–Kier alpha value is -0.570. The first kappa shape index (κ1) is 11.9. The van der Waals surface area contributed by atoms with Crippen LogP contribution in [0.1, 0.15) is 51.9 Å². The molecule has 2 rings (SSSR count). The van der Waals surface area contributed by atoms with Gasteiger partial charge >= 0.3 is 0 Å². The molecule has 0 radical (unpaired) electrons. The van der Waals surface area contributed by atoms with Gasteiger partial charge in [0.05, 0.1) is 0 Å². The lowest BCUT2D eigenvalue weighted by Crippen LogP contribution is -2.42. The zero-order chi connectivity index (χ0) is 11.4. The molecule has 2 fully saturated rings. The van der Waals surface area contributed by atoms with E-state index in [2.05, 4.69) is 17.6 Å². The molecule has 1 unspecified atom stereocenters. The first-order valence-corrected chi connectivity index (χ1v) is 6.78. The van der Waals surface area contributed by atoms with Crippen molar-refractivity contribution < 1.29 is 4.79 Å². The summed E-state index contributed by atoms with van der Waals surface area (Å²) in [7, 11) is 0. The highest BCUT2D eigenvalue weighted by Gasteiger charge is 2.23. The van der Waals surface area contributed by atoms with E-state index in [4.69, 9.17) is 0 Å². The number of hydrogen-bond acceptors (Lipinski definition) is 2. The van der Waals surface area contributed by atoms with Crippen molar-refractivity contribution >= 4 is 5.91 Å². The molecule has 2 N–H and O–H groups in total. The van der Waals surface area contributed by atoms with Gasteiger partial charge in [-0.1, -0.05) is 19.3 Å². The summed E-state index contributed by atoms with van der Waals surface area (Å²) < 4.78 is 0. The van der Waals surface area contributed by atoms with Gasteiger partial charge in [0, 0.05) is 25.0 Å². The van der Waals surface area contributed by atoms with Gasteiger partial charge < -0.3 is 10.6 Å². The molecule has 3 heteroatoms. The molecule has 0 spiro atoms. The molecule has 3 nitrogen and oxygen atoms in total. The molecule has 92 valence electrons. The van der Waals surface area contributed by atoms with E-state index in [0.29, 0.717) is 18.5 Å². The van der Waals surface area contributed by atoms with Crippen LogP contribution in [0.2, 0.25) is 0 Å². The maximum absolute atomic E-state index is 11.1. The zero-order valence-electron chi connectivity index (χ0n) is 10.3. The molecule has 16 heavy (non-hydrogen) atoms. The summed E-state index contributed by atoms with van der Waals surface area (Å²) in [6, 6.07) is 0.983. The molecule has 1 saturated carbocycles. The Morgan fingerprint density at radius 1 is 1.31 bits per heavy atom. The predicted molar refractivity (Wildman–Crippen MR) is 65.2 cm³/mol. The van der Waals surface area contributed by atoms with Crippen molar-refractivity contribution in [1.82, 2.24) is 10.6 Å². The largest absolute Gasteiger partial charge is 0.352 e. The molecule has 0 bridgehead atoms. The number of carbonyl (C=O) groups excluding carboxylic acids is 1. The van der Waals surface area contributed by atoms with Gasteiger partial charge in [0.15, 0.2) is 0 Å². The van der Waals surface area contributed by atoms with Gasteiger partial charge in [0.1, 0.15) is 0 Å². The van der Waals surface area contributed by atoms with Crippen molar-refractivity contribution in [3.63, 3.8) is 0 Å². The lowest BCUT2D eigenvalue weighted by molar-refractivity contribution is -0.119. The van der Waals surface area contributed by atoms with Gasteiger partial charge in [-0.3, -0.25) is 4.79 Å². The Labute approximate surface area is 98.4 Å². The SMILES string of the molecule is C[C@@H](NCC1CCC(=O)N1)C1CCCCC1. The molecule has 0 aromatic rings. The van der Waals surface area contributed by atoms with Crippen molar-refractivity contribution in [3.05, 3.63) is 0 Å². The van der Waals surface area contributed by atoms with Crippen molar-refractivity contribution in [2.24, 2.45) is 5.92 Å².